The molecule has 2 aromatic carbocycles. The van der Waals surface area contributed by atoms with Gasteiger partial charge in [-0.25, -0.2) is 9.59 Å². The fourth-order valence-corrected chi connectivity index (χ4v) is 8.31. The fraction of sp³-hybridized carbons (Fsp3) is 0.537. The van der Waals surface area contributed by atoms with Crippen LogP contribution in [0.25, 0.3) is 0 Å². The number of carbonyl (C=O) groups is 7. The lowest BCUT2D eigenvalue weighted by Gasteiger charge is -2.39. The maximum Gasteiger partial charge on any atom is 0.329 e. The van der Waals surface area contributed by atoms with Gasteiger partial charge in [0.25, 0.3) is 0 Å². The largest absolute Gasteiger partial charge is 0.497 e. The number of hydrogen-bond donors (Lipinski definition) is 4. The van der Waals surface area contributed by atoms with Crippen LogP contribution in [0.4, 0.5) is 10.5 Å². The molecule has 4 N–H and O–H groups in total. The van der Waals surface area contributed by atoms with E-state index in [1.165, 1.54) is 28.7 Å². The molecule has 0 aliphatic carbocycles. The van der Waals surface area contributed by atoms with Crippen molar-refractivity contribution in [3.05, 3.63) is 60.2 Å². The molecule has 57 heavy (non-hydrogen) atoms. The van der Waals surface area contributed by atoms with Crippen LogP contribution in [0.15, 0.2) is 54.6 Å². The number of cyclic esters (lactones) is 1. The van der Waals surface area contributed by atoms with Crippen molar-refractivity contribution < 1.29 is 43.0 Å². The molecule has 16 nitrogen and oxygen atoms in total. The molecule has 4 fully saturated rings. The number of hydrogen-bond acceptors (Lipinski definition) is 9. The second-order valence-electron chi connectivity index (χ2n) is 15.5. The normalized spacial score (nSPS) is 27.7. The first-order chi connectivity index (χ1) is 27.3. The Bertz CT molecular complexity index is 1840. The van der Waals surface area contributed by atoms with Crippen molar-refractivity contribution in [3.8, 4) is 5.75 Å². The van der Waals surface area contributed by atoms with Crippen LogP contribution in [0.5, 0.6) is 5.75 Å². The molecule has 0 radical (unpaired) electrons. The van der Waals surface area contributed by atoms with Gasteiger partial charge in [-0.05, 0) is 76.0 Å². The Kier molecular flexibility index (Phi) is 13.0. The molecule has 0 spiro atoms. The highest BCUT2D eigenvalue weighted by atomic mass is 16.5. The molecule has 0 unspecified atom stereocenters. The number of esters is 1. The van der Waals surface area contributed by atoms with E-state index >= 15 is 0 Å². The lowest BCUT2D eigenvalue weighted by Crippen LogP contribution is -2.63. The fourth-order valence-electron chi connectivity index (χ4n) is 8.31. The van der Waals surface area contributed by atoms with E-state index in [0.717, 1.165) is 5.56 Å². The number of carbonyl (C=O) groups excluding carboxylic acids is 7. The molecule has 0 aromatic heterocycles. The summed E-state index contributed by atoms with van der Waals surface area (Å²) in [7, 11) is 1.50. The second kappa shape index (κ2) is 18.1. The van der Waals surface area contributed by atoms with Crippen molar-refractivity contribution in [2.24, 2.45) is 5.92 Å². The molecular weight excluding hydrogens is 734 g/mol. The molecule has 6 rings (SSSR count). The molecule has 2 aromatic rings. The Hall–Kier alpha value is -5.67. The third-order valence-corrected chi connectivity index (χ3v) is 11.3. The zero-order chi connectivity index (χ0) is 40.8. The Labute approximate surface area is 332 Å². The summed E-state index contributed by atoms with van der Waals surface area (Å²) in [4.78, 5) is 102. The summed E-state index contributed by atoms with van der Waals surface area (Å²) in [5.74, 6) is -3.02. The minimum Gasteiger partial charge on any atom is -0.497 e. The molecule has 306 valence electrons. The number of methoxy groups -OCH3 is 1. The Balaban J connectivity index is 1.32. The van der Waals surface area contributed by atoms with Gasteiger partial charge in [-0.1, -0.05) is 43.3 Å². The summed E-state index contributed by atoms with van der Waals surface area (Å²) in [5, 5.41) is 11.0. The minimum absolute atomic E-state index is 0.0474. The number of piperidine rings is 1. The molecule has 4 aliphatic heterocycles. The SMILES string of the molecule is COc1cccc(NC(=O)N[C@@H](Cc2ccccc2)C(=O)N[C@@H]2C(=O)N3CCC[C@H]3C(=O)N3CCCC[C@H]3C(=O)N[C@@H](C)C(=O)N3C[C@H](C)C[C@H]3C(=O)O[C@H]2C)c1. The summed E-state index contributed by atoms with van der Waals surface area (Å²) in [6.45, 7) is 5.70. The number of anilines is 1. The molecule has 4 saturated heterocycles. The van der Waals surface area contributed by atoms with Gasteiger partial charge in [-0.2, -0.15) is 0 Å². The van der Waals surface area contributed by atoms with E-state index in [4.69, 9.17) is 9.47 Å². The van der Waals surface area contributed by atoms with Gasteiger partial charge in [0.05, 0.1) is 7.11 Å². The lowest BCUT2D eigenvalue weighted by molar-refractivity contribution is -0.163. The van der Waals surface area contributed by atoms with Crippen molar-refractivity contribution in [2.45, 2.75) is 108 Å². The average Bonchev–Trinajstić information content (AvgIpc) is 3.86. The van der Waals surface area contributed by atoms with Crippen molar-refractivity contribution in [1.82, 2.24) is 30.7 Å². The van der Waals surface area contributed by atoms with Crippen molar-refractivity contribution >= 4 is 47.2 Å². The van der Waals surface area contributed by atoms with Crippen LogP contribution in [-0.2, 0) is 39.9 Å². The van der Waals surface area contributed by atoms with Crippen LogP contribution in [-0.4, -0.2) is 125 Å². The van der Waals surface area contributed by atoms with Gasteiger partial charge in [0.15, 0.2) is 0 Å². The second-order valence-corrected chi connectivity index (χ2v) is 15.5. The summed E-state index contributed by atoms with van der Waals surface area (Å²) >= 11 is 0. The Morgan fingerprint density at radius 2 is 1.56 bits per heavy atom. The standard InChI is InChI=1S/C41H53N7O9/c1-24-20-33-40(54)57-26(3)34(45-35(49)30(21-27-12-6-5-7-13-27)44-41(55)43-28-14-10-15-29(22-28)56-4)39(53)47-19-11-17-32(47)38(52)46-18-9-8-16-31(46)36(50)42-25(2)37(51)48(33)23-24/h5-7,10,12-15,22,24-26,30-34H,8-9,11,16-21,23H2,1-4H3,(H,42,50)(H,45,49)(H2,43,44,55)/t24-,25+,26+,30+,31+,32+,33+,34+/m1/s1. The summed E-state index contributed by atoms with van der Waals surface area (Å²) in [6, 6.07) is 8.60. The van der Waals surface area contributed by atoms with E-state index in [2.05, 4.69) is 21.3 Å². The van der Waals surface area contributed by atoms with Gasteiger partial charge in [-0.3, -0.25) is 24.0 Å². The smallest absolute Gasteiger partial charge is 0.329 e. The maximum atomic E-state index is 14.7. The lowest BCUT2D eigenvalue weighted by atomic mass is 9.99. The number of amides is 7. The molecule has 16 heteroatoms. The van der Waals surface area contributed by atoms with Crippen LogP contribution < -0.4 is 26.0 Å². The Morgan fingerprint density at radius 1 is 0.842 bits per heavy atom. The molecule has 0 saturated carbocycles. The topological polar surface area (TPSA) is 196 Å². The monoisotopic (exact) mass is 787 g/mol. The van der Waals surface area contributed by atoms with Gasteiger partial charge in [0.2, 0.25) is 29.5 Å². The number of rotatable bonds is 7. The number of urea groups is 1. The van der Waals surface area contributed by atoms with E-state index in [1.807, 2.05) is 13.0 Å². The van der Waals surface area contributed by atoms with Crippen molar-refractivity contribution in [3.63, 3.8) is 0 Å². The molecule has 7 amide bonds. The first-order valence-electron chi connectivity index (χ1n) is 19.8. The molecule has 4 heterocycles. The van der Waals surface area contributed by atoms with Crippen LogP contribution >= 0.6 is 0 Å². The summed E-state index contributed by atoms with van der Waals surface area (Å²) in [5.41, 5.74) is 1.14. The van der Waals surface area contributed by atoms with Gasteiger partial charge in [0.1, 0.15) is 48.1 Å². The first kappa shape index (κ1) is 41.0. The number of fused-ring (bicyclic) bond motifs is 3. The number of nitrogens with one attached hydrogen (secondary N) is 4. The third kappa shape index (κ3) is 9.48. The molecule has 8 atom stereocenters. The molecule has 4 aliphatic rings. The molecular formula is C41H53N7O9. The number of ether oxygens (including phenoxy) is 2. The van der Waals surface area contributed by atoms with Crippen LogP contribution in [0.1, 0.15) is 64.9 Å². The van der Waals surface area contributed by atoms with Gasteiger partial charge >= 0.3 is 12.0 Å². The third-order valence-electron chi connectivity index (χ3n) is 11.3. The highest BCUT2D eigenvalue weighted by molar-refractivity contribution is 5.99. The Morgan fingerprint density at radius 3 is 2.32 bits per heavy atom. The van der Waals surface area contributed by atoms with E-state index in [1.54, 1.807) is 55.5 Å². The van der Waals surface area contributed by atoms with E-state index in [9.17, 15) is 33.6 Å². The van der Waals surface area contributed by atoms with Gasteiger partial charge < -0.3 is 45.4 Å². The van der Waals surface area contributed by atoms with Crippen LogP contribution in [0.3, 0.4) is 0 Å². The first-order valence-corrected chi connectivity index (χ1v) is 19.8. The van der Waals surface area contributed by atoms with Gasteiger partial charge in [-0.15, -0.1) is 0 Å². The zero-order valence-corrected chi connectivity index (χ0v) is 32.9. The van der Waals surface area contributed by atoms with Crippen LogP contribution in [0.2, 0.25) is 0 Å². The number of nitrogens with zero attached hydrogens (tertiary/aromatic N) is 3. The minimum atomic E-state index is -1.48. The maximum absolute atomic E-state index is 14.7. The van der Waals surface area contributed by atoms with E-state index < -0.39 is 83.9 Å². The molecule has 0 bridgehead atoms. The predicted octanol–water partition coefficient (Wildman–Crippen LogP) is 1.97. The summed E-state index contributed by atoms with van der Waals surface area (Å²) in [6.07, 6.45) is 1.68. The highest BCUT2D eigenvalue weighted by Crippen LogP contribution is 2.29. The average molecular weight is 788 g/mol. The highest BCUT2D eigenvalue weighted by Gasteiger charge is 2.47. The van der Waals surface area contributed by atoms with Crippen molar-refractivity contribution in [1.29, 1.82) is 0 Å². The van der Waals surface area contributed by atoms with Gasteiger partial charge in [0, 0.05) is 37.8 Å². The quantitative estimate of drug-likeness (QED) is 0.304. The van der Waals surface area contributed by atoms with E-state index in [-0.39, 0.29) is 25.4 Å². The van der Waals surface area contributed by atoms with E-state index in [0.29, 0.717) is 56.5 Å². The number of benzene rings is 2. The van der Waals surface area contributed by atoms with Crippen molar-refractivity contribution in [2.75, 3.05) is 32.1 Å². The summed E-state index contributed by atoms with van der Waals surface area (Å²) < 4.78 is 11.2. The zero-order valence-electron chi connectivity index (χ0n) is 32.9. The van der Waals surface area contributed by atoms with Crippen LogP contribution in [0, 0.1) is 5.92 Å². The predicted molar refractivity (Wildman–Crippen MR) is 208 cm³/mol.